The van der Waals surface area contributed by atoms with E-state index in [1.807, 2.05) is 30.3 Å². The molecule has 22 heavy (non-hydrogen) atoms. The van der Waals surface area contributed by atoms with Crippen molar-refractivity contribution in [2.75, 3.05) is 12.3 Å². The van der Waals surface area contributed by atoms with E-state index in [4.69, 9.17) is 0 Å². The number of para-hydroxylation sites is 1. The highest BCUT2D eigenvalue weighted by molar-refractivity contribution is 7.86. The molecule has 0 saturated carbocycles. The third kappa shape index (κ3) is 3.24. The maximum Gasteiger partial charge on any atom is 0.302 e. The number of carbonyl (C=O) groups is 1. The fourth-order valence-corrected chi connectivity index (χ4v) is 3.68. The van der Waals surface area contributed by atoms with E-state index in [-0.39, 0.29) is 18.9 Å². The molecule has 7 heteroatoms. The van der Waals surface area contributed by atoms with Gasteiger partial charge in [-0.25, -0.2) is 0 Å². The number of aromatic nitrogens is 1. The van der Waals surface area contributed by atoms with Crippen molar-refractivity contribution in [3.8, 4) is 0 Å². The zero-order chi connectivity index (χ0) is 15.7. The average molecular weight is 322 g/mol. The summed E-state index contributed by atoms with van der Waals surface area (Å²) in [5.74, 6) is -1.21. The first kappa shape index (κ1) is 14.9. The highest BCUT2D eigenvalue weighted by Gasteiger charge is 2.32. The number of carbonyl (C=O) groups excluding carboxylic acids is 1. The monoisotopic (exact) mass is 322 g/mol. The maximum atomic E-state index is 12.8. The van der Waals surface area contributed by atoms with Crippen LogP contribution in [0, 0.1) is 5.92 Å². The lowest BCUT2D eigenvalue weighted by atomic mass is 10.1. The van der Waals surface area contributed by atoms with Crippen LogP contribution in [0.3, 0.4) is 0 Å². The van der Waals surface area contributed by atoms with Gasteiger partial charge in [-0.3, -0.25) is 9.78 Å². The summed E-state index contributed by atoms with van der Waals surface area (Å²) in [5, 5.41) is 0.958. The molecule has 0 aliphatic carbocycles. The third-order valence-corrected chi connectivity index (χ3v) is 4.70. The predicted molar refractivity (Wildman–Crippen MR) is 80.2 cm³/mol. The van der Waals surface area contributed by atoms with E-state index < -0.39 is 21.9 Å². The number of pyridine rings is 1. The van der Waals surface area contributed by atoms with Crippen molar-refractivity contribution in [2.45, 2.75) is 13.0 Å². The zero-order valence-electron chi connectivity index (χ0n) is 11.8. The number of halogens is 1. The number of rotatable bonds is 4. The van der Waals surface area contributed by atoms with Gasteiger partial charge in [-0.1, -0.05) is 18.2 Å². The van der Waals surface area contributed by atoms with Crippen LogP contribution in [-0.2, 0) is 21.6 Å². The lowest BCUT2D eigenvalue weighted by Gasteiger charge is -2.17. The third-order valence-electron chi connectivity index (χ3n) is 3.83. The summed E-state index contributed by atoms with van der Waals surface area (Å²) in [7, 11) is -4.55. The second-order valence-electron chi connectivity index (χ2n) is 5.54. The molecule has 0 radical (unpaired) electrons. The second kappa shape index (κ2) is 5.64. The van der Waals surface area contributed by atoms with Gasteiger partial charge in [-0.2, -0.15) is 8.42 Å². The van der Waals surface area contributed by atoms with Crippen molar-refractivity contribution in [1.82, 2.24) is 9.88 Å². The van der Waals surface area contributed by atoms with Gasteiger partial charge < -0.3 is 4.90 Å². The summed E-state index contributed by atoms with van der Waals surface area (Å²) in [4.78, 5) is 17.9. The summed E-state index contributed by atoms with van der Waals surface area (Å²) in [6.07, 6.45) is 1.76. The van der Waals surface area contributed by atoms with Gasteiger partial charge in [0.1, 0.15) is 0 Å². The highest BCUT2D eigenvalue weighted by atomic mass is 32.3. The molecule has 1 aromatic heterocycles. The van der Waals surface area contributed by atoms with Crippen molar-refractivity contribution in [3.63, 3.8) is 0 Å². The van der Waals surface area contributed by atoms with E-state index in [9.17, 15) is 17.1 Å². The summed E-state index contributed by atoms with van der Waals surface area (Å²) in [5.41, 5.74) is 1.79. The molecule has 116 valence electrons. The fraction of sp³-hybridized carbons (Fsp3) is 0.333. The smallest absolute Gasteiger partial charge is 0.302 e. The molecule has 2 aromatic rings. The molecule has 1 saturated heterocycles. The molecular weight excluding hydrogens is 307 g/mol. The van der Waals surface area contributed by atoms with E-state index in [2.05, 4.69) is 4.98 Å². The van der Waals surface area contributed by atoms with Gasteiger partial charge in [0.25, 0.3) is 0 Å². The number of benzene rings is 1. The normalized spacial score (nSPS) is 19.0. The zero-order valence-corrected chi connectivity index (χ0v) is 12.6. The maximum absolute atomic E-state index is 12.8. The van der Waals surface area contributed by atoms with Crippen molar-refractivity contribution >= 4 is 27.0 Å². The van der Waals surface area contributed by atoms with Gasteiger partial charge in [0.2, 0.25) is 5.91 Å². The molecule has 1 atom stereocenters. The number of likely N-dealkylation sites (tertiary alicyclic amines) is 1. The Labute approximate surface area is 128 Å². The minimum Gasteiger partial charge on any atom is -0.338 e. The van der Waals surface area contributed by atoms with Crippen LogP contribution >= 0.6 is 0 Å². The molecule has 3 rings (SSSR count). The van der Waals surface area contributed by atoms with Gasteiger partial charge >= 0.3 is 10.2 Å². The quantitative estimate of drug-likeness (QED) is 0.806. The summed E-state index contributed by atoms with van der Waals surface area (Å²) < 4.78 is 34.2. The highest BCUT2D eigenvalue weighted by Crippen LogP contribution is 2.24. The number of nitrogens with zero attached hydrogens (tertiary/aromatic N) is 2. The molecule has 0 bridgehead atoms. The lowest BCUT2D eigenvalue weighted by Crippen LogP contribution is -2.25. The number of amides is 1. The Balaban J connectivity index is 1.79. The number of fused-ring (bicyclic) bond motifs is 1. The van der Waals surface area contributed by atoms with Gasteiger partial charge in [0.15, 0.2) is 0 Å². The van der Waals surface area contributed by atoms with Gasteiger partial charge in [-0.15, -0.1) is 3.89 Å². The molecule has 1 aliphatic rings. The molecule has 1 aliphatic heterocycles. The predicted octanol–water partition coefficient (Wildman–Crippen LogP) is 1.88. The van der Waals surface area contributed by atoms with Crippen LogP contribution in [-0.4, -0.2) is 36.5 Å². The Morgan fingerprint density at radius 1 is 1.27 bits per heavy atom. The SMILES string of the molecule is O=C1CC(CS(=O)(=O)F)CN1Cc1ccnc2ccccc12. The second-order valence-corrected chi connectivity index (χ2v) is 6.95. The Hall–Kier alpha value is -2.02. The fourth-order valence-electron chi connectivity index (χ4n) is 2.90. The van der Waals surface area contributed by atoms with Gasteiger partial charge in [0, 0.05) is 37.0 Å². The Morgan fingerprint density at radius 3 is 2.82 bits per heavy atom. The standard InChI is InChI=1S/C15H15FN2O3S/c16-22(20,21)10-11-7-15(19)18(8-11)9-12-5-6-17-14-4-2-1-3-13(12)14/h1-6,11H,7-10H2. The Morgan fingerprint density at radius 2 is 2.05 bits per heavy atom. The summed E-state index contributed by atoms with van der Waals surface area (Å²) >= 11 is 0. The molecule has 0 N–H and O–H groups in total. The van der Waals surface area contributed by atoms with Crippen molar-refractivity contribution in [1.29, 1.82) is 0 Å². The molecule has 1 fully saturated rings. The molecule has 2 heterocycles. The summed E-state index contributed by atoms with van der Waals surface area (Å²) in [6, 6.07) is 9.46. The van der Waals surface area contributed by atoms with Crippen LogP contribution in [0.2, 0.25) is 0 Å². The van der Waals surface area contributed by atoms with Crippen LogP contribution < -0.4 is 0 Å². The minimum absolute atomic E-state index is 0.0756. The number of hydrogen-bond donors (Lipinski definition) is 0. The van der Waals surface area contributed by atoms with E-state index in [0.717, 1.165) is 16.5 Å². The number of hydrogen-bond acceptors (Lipinski definition) is 4. The van der Waals surface area contributed by atoms with Crippen LogP contribution in [0.25, 0.3) is 10.9 Å². The van der Waals surface area contributed by atoms with E-state index in [1.165, 1.54) is 0 Å². The molecule has 1 amide bonds. The van der Waals surface area contributed by atoms with Crippen LogP contribution in [0.5, 0.6) is 0 Å². The first-order chi connectivity index (χ1) is 10.4. The van der Waals surface area contributed by atoms with Crippen LogP contribution in [0.1, 0.15) is 12.0 Å². The van der Waals surface area contributed by atoms with Crippen LogP contribution in [0.4, 0.5) is 3.89 Å². The molecule has 1 aromatic carbocycles. The van der Waals surface area contributed by atoms with Crippen molar-refractivity contribution in [3.05, 3.63) is 42.1 Å². The van der Waals surface area contributed by atoms with Crippen LogP contribution in [0.15, 0.2) is 36.5 Å². The summed E-state index contributed by atoms with van der Waals surface area (Å²) in [6.45, 7) is 0.642. The van der Waals surface area contributed by atoms with Crippen molar-refractivity contribution < 1.29 is 17.1 Å². The van der Waals surface area contributed by atoms with E-state index >= 15 is 0 Å². The van der Waals surface area contributed by atoms with E-state index in [1.54, 1.807) is 11.1 Å². The molecule has 0 spiro atoms. The molecule has 1 unspecified atom stereocenters. The minimum atomic E-state index is -4.55. The first-order valence-electron chi connectivity index (χ1n) is 6.95. The lowest BCUT2D eigenvalue weighted by molar-refractivity contribution is -0.128. The van der Waals surface area contributed by atoms with Crippen molar-refractivity contribution in [2.24, 2.45) is 5.92 Å². The first-order valence-corrected chi connectivity index (χ1v) is 8.50. The molecular formula is C15H15FN2O3S. The largest absolute Gasteiger partial charge is 0.338 e. The average Bonchev–Trinajstić information content (AvgIpc) is 2.77. The topological polar surface area (TPSA) is 67.3 Å². The van der Waals surface area contributed by atoms with Gasteiger partial charge in [0.05, 0.1) is 11.3 Å². The molecule has 5 nitrogen and oxygen atoms in total. The Kier molecular flexibility index (Phi) is 3.82. The Bertz CT molecular complexity index is 817. The van der Waals surface area contributed by atoms with E-state index in [0.29, 0.717) is 6.54 Å². The van der Waals surface area contributed by atoms with Gasteiger partial charge in [-0.05, 0) is 17.7 Å².